The first-order valence-electron chi connectivity index (χ1n) is 7.17. The van der Waals surface area contributed by atoms with E-state index < -0.39 is 17.9 Å². The molecule has 0 unspecified atom stereocenters. The maximum absolute atomic E-state index is 12.8. The summed E-state index contributed by atoms with van der Waals surface area (Å²) in [5, 5.41) is 12.6. The second-order valence-electron chi connectivity index (χ2n) is 5.47. The molecule has 0 saturated carbocycles. The summed E-state index contributed by atoms with van der Waals surface area (Å²) in [6.45, 7) is 0.246. The molecular weight excluding hydrogens is 302 g/mol. The molecule has 3 atom stereocenters. The van der Waals surface area contributed by atoms with Crippen molar-refractivity contribution in [3.8, 4) is 0 Å². The van der Waals surface area contributed by atoms with Crippen molar-refractivity contribution in [3.05, 3.63) is 59.3 Å². The Labute approximate surface area is 133 Å². The quantitative estimate of drug-likeness (QED) is 0.833. The summed E-state index contributed by atoms with van der Waals surface area (Å²) in [7, 11) is 0. The van der Waals surface area contributed by atoms with E-state index in [0.717, 1.165) is 0 Å². The Morgan fingerprint density at radius 1 is 1.18 bits per heavy atom. The summed E-state index contributed by atoms with van der Waals surface area (Å²) in [5.74, 6) is -1.02. The van der Waals surface area contributed by atoms with E-state index in [9.17, 15) is 14.7 Å². The van der Waals surface area contributed by atoms with Crippen molar-refractivity contribution in [2.45, 2.75) is 6.10 Å². The monoisotopic (exact) mass is 317 g/mol. The Morgan fingerprint density at radius 3 is 2.55 bits per heavy atom. The Kier molecular flexibility index (Phi) is 4.14. The van der Waals surface area contributed by atoms with E-state index in [4.69, 9.17) is 11.6 Å². The van der Waals surface area contributed by atoms with Gasteiger partial charge in [0.15, 0.2) is 11.6 Å². The number of fused-ring (bicyclic) bond motifs is 2. The SMILES string of the molecule is O=C1c2ccccc2C(=O)[C@H]2C=CC=C(NC[C@H](O)CCl)[C@H]12. The Balaban J connectivity index is 1.92. The number of Topliss-reactive ketones (excluding diaryl/α,β-unsaturated/α-hetero) is 2. The van der Waals surface area contributed by atoms with Crippen LogP contribution in [0.2, 0.25) is 0 Å². The van der Waals surface area contributed by atoms with Gasteiger partial charge in [-0.2, -0.15) is 0 Å². The number of hydrogen-bond donors (Lipinski definition) is 2. The standard InChI is InChI=1S/C17H16ClNO3/c18-8-10(20)9-19-14-7-3-6-13-15(14)17(22)12-5-2-1-4-11(12)16(13)21/h1-7,10,13,15,19-20H,8-9H2/t10-,13+,15-/m1/s1. The van der Waals surface area contributed by atoms with Crippen LogP contribution in [0.3, 0.4) is 0 Å². The first-order valence-corrected chi connectivity index (χ1v) is 7.70. The normalized spacial score (nSPS) is 24.4. The van der Waals surface area contributed by atoms with Gasteiger partial charge in [-0.05, 0) is 6.08 Å². The third-order valence-corrected chi connectivity index (χ3v) is 4.41. The first kappa shape index (κ1) is 15.0. The highest BCUT2D eigenvalue weighted by molar-refractivity contribution is 6.18. The summed E-state index contributed by atoms with van der Waals surface area (Å²) in [6.07, 6.45) is 4.62. The number of benzene rings is 1. The molecule has 0 heterocycles. The number of carbonyl (C=O) groups is 2. The van der Waals surface area contributed by atoms with E-state index in [-0.39, 0.29) is 24.0 Å². The first-order chi connectivity index (χ1) is 10.6. The van der Waals surface area contributed by atoms with Crippen molar-refractivity contribution >= 4 is 23.2 Å². The summed E-state index contributed by atoms with van der Waals surface area (Å²) >= 11 is 5.58. The van der Waals surface area contributed by atoms with Gasteiger partial charge in [0.25, 0.3) is 0 Å². The van der Waals surface area contributed by atoms with Crippen LogP contribution >= 0.6 is 11.6 Å². The summed E-state index contributed by atoms with van der Waals surface area (Å²) in [6, 6.07) is 6.91. The number of nitrogens with one attached hydrogen (secondary N) is 1. The van der Waals surface area contributed by atoms with Gasteiger partial charge in [0.2, 0.25) is 0 Å². The minimum Gasteiger partial charge on any atom is -0.390 e. The van der Waals surface area contributed by atoms with Crippen LogP contribution in [0.5, 0.6) is 0 Å². The van der Waals surface area contributed by atoms with Gasteiger partial charge < -0.3 is 10.4 Å². The zero-order chi connectivity index (χ0) is 15.7. The van der Waals surface area contributed by atoms with E-state index in [1.807, 2.05) is 0 Å². The van der Waals surface area contributed by atoms with Gasteiger partial charge in [-0.3, -0.25) is 9.59 Å². The van der Waals surface area contributed by atoms with E-state index in [1.54, 1.807) is 42.5 Å². The average molecular weight is 318 g/mol. The second-order valence-corrected chi connectivity index (χ2v) is 5.78. The van der Waals surface area contributed by atoms with Crippen molar-refractivity contribution in [2.24, 2.45) is 11.8 Å². The number of aliphatic hydroxyl groups is 1. The van der Waals surface area contributed by atoms with Crippen LogP contribution in [0.15, 0.2) is 48.2 Å². The number of carbonyl (C=O) groups excluding carboxylic acids is 2. The number of rotatable bonds is 4. The van der Waals surface area contributed by atoms with Gasteiger partial charge >= 0.3 is 0 Å². The molecule has 0 amide bonds. The van der Waals surface area contributed by atoms with Crippen molar-refractivity contribution in [1.29, 1.82) is 0 Å². The molecule has 2 aliphatic carbocycles. The summed E-state index contributed by atoms with van der Waals surface area (Å²) in [5.41, 5.74) is 1.61. The fourth-order valence-corrected chi connectivity index (χ4v) is 3.06. The lowest BCUT2D eigenvalue weighted by molar-refractivity contribution is 0.0787. The summed E-state index contributed by atoms with van der Waals surface area (Å²) < 4.78 is 0. The lowest BCUT2D eigenvalue weighted by atomic mass is 9.71. The molecule has 0 spiro atoms. The molecule has 2 aliphatic rings. The molecule has 4 nitrogen and oxygen atoms in total. The minimum absolute atomic E-state index is 0.0401. The third kappa shape index (κ3) is 2.49. The van der Waals surface area contributed by atoms with Crippen LogP contribution in [0, 0.1) is 11.8 Å². The molecular formula is C17H16ClNO3. The fraction of sp³-hybridized carbons (Fsp3) is 0.294. The molecule has 114 valence electrons. The van der Waals surface area contributed by atoms with E-state index >= 15 is 0 Å². The number of hydrogen-bond acceptors (Lipinski definition) is 4. The van der Waals surface area contributed by atoms with E-state index in [1.165, 1.54) is 0 Å². The third-order valence-electron chi connectivity index (χ3n) is 4.05. The Morgan fingerprint density at radius 2 is 1.86 bits per heavy atom. The molecule has 1 aromatic rings. The van der Waals surface area contributed by atoms with Crippen LogP contribution in [0.4, 0.5) is 0 Å². The van der Waals surface area contributed by atoms with Crippen molar-refractivity contribution in [1.82, 2.24) is 5.32 Å². The van der Waals surface area contributed by atoms with Crippen LogP contribution in [-0.4, -0.2) is 35.2 Å². The maximum atomic E-state index is 12.8. The number of allylic oxidation sites excluding steroid dienone is 4. The number of halogens is 1. The predicted octanol–water partition coefficient (Wildman–Crippen LogP) is 1.94. The van der Waals surface area contributed by atoms with E-state index in [2.05, 4.69) is 5.32 Å². The van der Waals surface area contributed by atoms with Gasteiger partial charge in [0, 0.05) is 23.4 Å². The van der Waals surface area contributed by atoms with E-state index in [0.29, 0.717) is 16.8 Å². The van der Waals surface area contributed by atoms with Gasteiger partial charge in [-0.25, -0.2) is 0 Å². The number of alkyl halides is 1. The molecule has 22 heavy (non-hydrogen) atoms. The predicted molar refractivity (Wildman–Crippen MR) is 84.0 cm³/mol. The van der Waals surface area contributed by atoms with Crippen LogP contribution in [0.1, 0.15) is 20.7 Å². The van der Waals surface area contributed by atoms with Gasteiger partial charge in [-0.15, -0.1) is 11.6 Å². The van der Waals surface area contributed by atoms with Crippen molar-refractivity contribution < 1.29 is 14.7 Å². The molecule has 0 radical (unpaired) electrons. The highest BCUT2D eigenvalue weighted by Gasteiger charge is 2.42. The average Bonchev–Trinajstić information content (AvgIpc) is 2.57. The zero-order valence-corrected chi connectivity index (χ0v) is 12.6. The zero-order valence-electron chi connectivity index (χ0n) is 11.8. The van der Waals surface area contributed by atoms with Gasteiger partial charge in [0.1, 0.15) is 0 Å². The largest absolute Gasteiger partial charge is 0.390 e. The topological polar surface area (TPSA) is 66.4 Å². The molecule has 0 aromatic heterocycles. The Hall–Kier alpha value is -1.91. The highest BCUT2D eigenvalue weighted by Crippen LogP contribution is 2.36. The highest BCUT2D eigenvalue weighted by atomic mass is 35.5. The lowest BCUT2D eigenvalue weighted by Crippen LogP contribution is -2.42. The lowest BCUT2D eigenvalue weighted by Gasteiger charge is -2.33. The molecule has 2 N–H and O–H groups in total. The van der Waals surface area contributed by atoms with Crippen molar-refractivity contribution in [2.75, 3.05) is 12.4 Å². The molecule has 0 fully saturated rings. The van der Waals surface area contributed by atoms with Gasteiger partial charge in [0.05, 0.1) is 23.8 Å². The van der Waals surface area contributed by atoms with Crippen LogP contribution < -0.4 is 5.32 Å². The summed E-state index contributed by atoms with van der Waals surface area (Å²) in [4.78, 5) is 25.4. The smallest absolute Gasteiger partial charge is 0.173 e. The van der Waals surface area contributed by atoms with Gasteiger partial charge in [-0.1, -0.05) is 36.4 Å². The maximum Gasteiger partial charge on any atom is 0.173 e. The number of aliphatic hydroxyl groups excluding tert-OH is 1. The fourth-order valence-electron chi connectivity index (χ4n) is 2.95. The van der Waals surface area contributed by atoms with Crippen LogP contribution in [-0.2, 0) is 0 Å². The molecule has 0 aliphatic heterocycles. The Bertz CT molecular complexity index is 680. The molecule has 0 bridgehead atoms. The second kappa shape index (κ2) is 6.07. The molecule has 0 saturated heterocycles. The molecule has 3 rings (SSSR count). The molecule has 1 aromatic carbocycles. The molecule has 5 heteroatoms. The van der Waals surface area contributed by atoms with Crippen LogP contribution in [0.25, 0.3) is 0 Å². The van der Waals surface area contributed by atoms with Crippen molar-refractivity contribution in [3.63, 3.8) is 0 Å². The minimum atomic E-state index is -0.700. The number of ketones is 2.